The van der Waals surface area contributed by atoms with Gasteiger partial charge in [0.15, 0.2) is 0 Å². The molecule has 1 aliphatic rings. The molecule has 152 valence electrons. The molecule has 6 nitrogen and oxygen atoms in total. The van der Waals surface area contributed by atoms with Crippen molar-refractivity contribution in [3.8, 4) is 11.5 Å². The van der Waals surface area contributed by atoms with Gasteiger partial charge >= 0.3 is 0 Å². The molecule has 8 heteroatoms. The van der Waals surface area contributed by atoms with Crippen LogP contribution in [0.2, 0.25) is 0 Å². The van der Waals surface area contributed by atoms with Crippen molar-refractivity contribution in [1.82, 2.24) is 4.98 Å². The van der Waals surface area contributed by atoms with E-state index in [1.807, 2.05) is 48.2 Å². The summed E-state index contributed by atoms with van der Waals surface area (Å²) in [6.07, 6.45) is 0.843. The lowest BCUT2D eigenvalue weighted by Gasteiger charge is -2.26. The number of hydrogen-bond acceptors (Lipinski definition) is 6. The van der Waals surface area contributed by atoms with Crippen molar-refractivity contribution in [3.05, 3.63) is 58.6 Å². The highest BCUT2D eigenvalue weighted by Crippen LogP contribution is 2.37. The number of anilines is 1. The zero-order valence-corrected chi connectivity index (χ0v) is 18.4. The van der Waals surface area contributed by atoms with Crippen LogP contribution in [-0.4, -0.2) is 39.7 Å². The average Bonchev–Trinajstić information content (AvgIpc) is 3.21. The Morgan fingerprint density at radius 1 is 1.07 bits per heavy atom. The van der Waals surface area contributed by atoms with Gasteiger partial charge in [-0.15, -0.1) is 0 Å². The molecule has 0 amide bonds. The molecular weight excluding hydrogens is 456 g/mol. The molecule has 0 atom stereocenters. The number of ether oxygens (including phenoxy) is 1. The lowest BCUT2D eigenvalue weighted by Crippen LogP contribution is -2.36. The van der Waals surface area contributed by atoms with Gasteiger partial charge < -0.3 is 14.1 Å². The lowest BCUT2D eigenvalue weighted by molar-refractivity contribution is 0.120. The summed E-state index contributed by atoms with van der Waals surface area (Å²) < 4.78 is 39.1. The fourth-order valence-electron chi connectivity index (χ4n) is 3.21. The molecule has 0 unspecified atom stereocenters. The van der Waals surface area contributed by atoms with Gasteiger partial charge in [0, 0.05) is 17.6 Å². The van der Waals surface area contributed by atoms with Gasteiger partial charge in [-0.2, -0.15) is 4.98 Å². The van der Waals surface area contributed by atoms with Gasteiger partial charge in [-0.25, -0.2) is 8.42 Å². The van der Waals surface area contributed by atoms with Crippen LogP contribution >= 0.6 is 15.9 Å². The van der Waals surface area contributed by atoms with Crippen molar-refractivity contribution in [2.45, 2.75) is 23.3 Å². The summed E-state index contributed by atoms with van der Waals surface area (Å²) in [5, 5.41) is -0.0607. The normalized spacial score (nSPS) is 14.9. The summed E-state index contributed by atoms with van der Waals surface area (Å²) in [5.41, 5.74) is 1.77. The third-order valence-corrected chi connectivity index (χ3v) is 7.24. The van der Waals surface area contributed by atoms with Gasteiger partial charge in [0.1, 0.15) is 0 Å². The van der Waals surface area contributed by atoms with Crippen LogP contribution in [-0.2, 0) is 21.0 Å². The van der Waals surface area contributed by atoms with Gasteiger partial charge in [-0.1, -0.05) is 31.2 Å². The minimum Gasteiger partial charge on any atom is -0.419 e. The van der Waals surface area contributed by atoms with Crippen molar-refractivity contribution in [2.24, 2.45) is 0 Å². The first kappa shape index (κ1) is 20.1. The van der Waals surface area contributed by atoms with E-state index in [1.54, 1.807) is 12.1 Å². The molecule has 29 heavy (non-hydrogen) atoms. The first-order valence-electron chi connectivity index (χ1n) is 9.43. The maximum atomic E-state index is 13.4. The Labute approximate surface area is 178 Å². The second-order valence-corrected chi connectivity index (χ2v) is 9.43. The first-order valence-corrected chi connectivity index (χ1v) is 11.7. The van der Waals surface area contributed by atoms with E-state index in [-0.39, 0.29) is 21.7 Å². The highest BCUT2D eigenvalue weighted by Gasteiger charge is 2.32. The molecule has 0 N–H and O–H groups in total. The molecule has 2 heterocycles. The lowest BCUT2D eigenvalue weighted by atomic mass is 10.2. The van der Waals surface area contributed by atoms with Crippen LogP contribution in [0, 0.1) is 0 Å². The molecule has 0 aliphatic carbocycles. The summed E-state index contributed by atoms with van der Waals surface area (Å²) in [5.74, 6) is 0.529. The van der Waals surface area contributed by atoms with Crippen LogP contribution in [0.15, 0.2) is 67.3 Å². The van der Waals surface area contributed by atoms with Crippen LogP contribution in [0.3, 0.4) is 0 Å². The van der Waals surface area contributed by atoms with E-state index < -0.39 is 9.84 Å². The Kier molecular flexibility index (Phi) is 5.76. The zero-order chi connectivity index (χ0) is 20.4. The second-order valence-electron chi connectivity index (χ2n) is 6.71. The summed E-state index contributed by atoms with van der Waals surface area (Å²) >= 11 is 3.49. The zero-order valence-electron chi connectivity index (χ0n) is 16.0. The number of nitrogens with zero attached hydrogens (tertiary/aromatic N) is 2. The summed E-state index contributed by atoms with van der Waals surface area (Å²) in [4.78, 5) is 6.52. The van der Waals surface area contributed by atoms with Gasteiger partial charge in [-0.3, -0.25) is 0 Å². The third kappa shape index (κ3) is 3.97. The first-order chi connectivity index (χ1) is 14.0. The molecule has 4 rings (SSSR count). The highest BCUT2D eigenvalue weighted by atomic mass is 79.9. The Hall–Kier alpha value is -2.16. The van der Waals surface area contributed by atoms with Crippen LogP contribution in [0.1, 0.15) is 12.5 Å². The van der Waals surface area contributed by atoms with Gasteiger partial charge in [0.05, 0.1) is 23.7 Å². The molecule has 1 aromatic heterocycles. The predicted octanol–water partition coefficient (Wildman–Crippen LogP) is 4.34. The number of sulfone groups is 1. The minimum atomic E-state index is -3.85. The molecule has 0 bridgehead atoms. The van der Waals surface area contributed by atoms with E-state index in [9.17, 15) is 8.42 Å². The molecule has 0 radical (unpaired) electrons. The summed E-state index contributed by atoms with van der Waals surface area (Å²) in [6, 6.07) is 14.4. The standard InChI is InChI=1S/C21H21BrN2O4S/c1-2-15-7-9-16(10-8-15)29(25,26)20-21(24-11-13-27-14-12-24)28-19(23-20)17-5-3-4-6-18(17)22/h3-10H,2,11-14H2,1H3. The summed E-state index contributed by atoms with van der Waals surface area (Å²) in [7, 11) is -3.85. The Bertz CT molecular complexity index is 1100. The number of morpholine rings is 1. The average molecular weight is 477 g/mol. The van der Waals surface area contributed by atoms with Gasteiger partial charge in [-0.05, 0) is 52.2 Å². The van der Waals surface area contributed by atoms with E-state index in [1.165, 1.54) is 0 Å². The van der Waals surface area contributed by atoms with E-state index in [2.05, 4.69) is 20.9 Å². The quantitative estimate of drug-likeness (QED) is 0.545. The van der Waals surface area contributed by atoms with Crippen LogP contribution in [0.25, 0.3) is 11.5 Å². The number of oxazole rings is 1. The van der Waals surface area contributed by atoms with E-state index in [0.717, 1.165) is 16.5 Å². The molecular formula is C21H21BrN2O4S. The van der Waals surface area contributed by atoms with Crippen molar-refractivity contribution in [2.75, 3.05) is 31.2 Å². The SMILES string of the molecule is CCc1ccc(S(=O)(=O)c2nc(-c3ccccc3Br)oc2N2CCOCC2)cc1. The topological polar surface area (TPSA) is 72.6 Å². The van der Waals surface area contributed by atoms with Crippen LogP contribution < -0.4 is 4.90 Å². The highest BCUT2D eigenvalue weighted by molar-refractivity contribution is 9.10. The fourth-order valence-corrected chi connectivity index (χ4v) is 4.98. The van der Waals surface area contributed by atoms with Gasteiger partial charge in [0.25, 0.3) is 0 Å². The van der Waals surface area contributed by atoms with Crippen LogP contribution in [0.5, 0.6) is 0 Å². The number of hydrogen-bond donors (Lipinski definition) is 0. The van der Waals surface area contributed by atoms with Gasteiger partial charge in [0.2, 0.25) is 26.6 Å². The van der Waals surface area contributed by atoms with Crippen molar-refractivity contribution >= 4 is 31.7 Å². The van der Waals surface area contributed by atoms with E-state index in [4.69, 9.17) is 9.15 Å². The van der Waals surface area contributed by atoms with Crippen LogP contribution in [0.4, 0.5) is 5.88 Å². The maximum absolute atomic E-state index is 13.4. The Morgan fingerprint density at radius 3 is 2.41 bits per heavy atom. The number of benzene rings is 2. The van der Waals surface area contributed by atoms with Crippen molar-refractivity contribution < 1.29 is 17.6 Å². The monoisotopic (exact) mass is 476 g/mol. The molecule has 2 aromatic carbocycles. The Balaban J connectivity index is 1.84. The number of halogens is 1. The third-order valence-electron chi connectivity index (χ3n) is 4.88. The second kappa shape index (κ2) is 8.30. The smallest absolute Gasteiger partial charge is 0.236 e. The molecule has 1 aliphatic heterocycles. The Morgan fingerprint density at radius 2 is 1.76 bits per heavy atom. The molecule has 1 fully saturated rings. The van der Waals surface area contributed by atoms with Crippen molar-refractivity contribution in [1.29, 1.82) is 0 Å². The summed E-state index contributed by atoms with van der Waals surface area (Å²) in [6.45, 7) is 4.14. The molecule has 3 aromatic rings. The molecule has 0 saturated carbocycles. The maximum Gasteiger partial charge on any atom is 0.236 e. The van der Waals surface area contributed by atoms with E-state index >= 15 is 0 Å². The van der Waals surface area contributed by atoms with Crippen molar-refractivity contribution in [3.63, 3.8) is 0 Å². The van der Waals surface area contributed by atoms with E-state index in [0.29, 0.717) is 31.9 Å². The largest absolute Gasteiger partial charge is 0.419 e. The number of aromatic nitrogens is 1. The minimum absolute atomic E-state index is 0.0607. The molecule has 1 saturated heterocycles. The predicted molar refractivity (Wildman–Crippen MR) is 114 cm³/mol. The fraction of sp³-hybridized carbons (Fsp3) is 0.286. The molecule has 0 spiro atoms. The number of aryl methyl sites for hydroxylation is 1. The number of rotatable bonds is 5.